The molecule has 3 nitrogen and oxygen atoms in total. The smallest absolute Gasteiger partial charge is 0.227 e. The summed E-state index contributed by atoms with van der Waals surface area (Å²) in [5, 5.41) is 0. The summed E-state index contributed by atoms with van der Waals surface area (Å²) < 4.78 is 13.1. The fourth-order valence-corrected chi connectivity index (χ4v) is 3.51. The van der Waals surface area contributed by atoms with Gasteiger partial charge >= 0.3 is 0 Å². The van der Waals surface area contributed by atoms with Gasteiger partial charge in [-0.15, -0.1) is 0 Å². The van der Waals surface area contributed by atoms with Crippen LogP contribution in [0.5, 0.6) is 0 Å². The predicted molar refractivity (Wildman–Crippen MR) is 96.8 cm³/mol. The Bertz CT molecular complexity index is 691. The molecule has 0 aliphatic heterocycles. The predicted octanol–water partition coefficient (Wildman–Crippen LogP) is 4.09. The molecule has 1 heterocycles. The Morgan fingerprint density at radius 3 is 2.44 bits per heavy atom. The first-order valence-electron chi connectivity index (χ1n) is 9.07. The summed E-state index contributed by atoms with van der Waals surface area (Å²) >= 11 is 0. The van der Waals surface area contributed by atoms with Crippen molar-refractivity contribution in [2.75, 3.05) is 6.54 Å². The van der Waals surface area contributed by atoms with Crippen LogP contribution in [0.3, 0.4) is 0 Å². The van der Waals surface area contributed by atoms with Crippen LogP contribution in [0.1, 0.15) is 42.5 Å². The Hall–Kier alpha value is -2.23. The molecule has 0 unspecified atom stereocenters. The maximum Gasteiger partial charge on any atom is 0.227 e. The molecule has 0 atom stereocenters. The molecule has 1 aliphatic rings. The molecule has 1 fully saturated rings. The first-order chi connectivity index (χ1) is 12.1. The second-order valence-electron chi connectivity index (χ2n) is 6.89. The minimum Gasteiger partial charge on any atom is -0.339 e. The van der Waals surface area contributed by atoms with Crippen molar-refractivity contribution in [3.05, 3.63) is 65.2 Å². The fourth-order valence-electron chi connectivity index (χ4n) is 3.51. The first-order valence-corrected chi connectivity index (χ1v) is 9.07. The quantitative estimate of drug-likeness (QED) is 0.794. The number of nitrogens with zero attached hydrogens (tertiary/aromatic N) is 2. The first kappa shape index (κ1) is 17.6. The molecule has 1 amide bonds. The lowest BCUT2D eigenvalue weighted by molar-refractivity contribution is -0.132. The number of halogens is 1. The van der Waals surface area contributed by atoms with Gasteiger partial charge in [-0.2, -0.15) is 0 Å². The van der Waals surface area contributed by atoms with Crippen LogP contribution in [0.15, 0.2) is 42.6 Å². The minimum atomic E-state index is -0.223. The number of benzene rings is 1. The highest BCUT2D eigenvalue weighted by Crippen LogP contribution is 2.24. The molecule has 1 aromatic carbocycles. The van der Waals surface area contributed by atoms with Crippen molar-refractivity contribution in [3.63, 3.8) is 0 Å². The zero-order valence-corrected chi connectivity index (χ0v) is 14.7. The molecule has 0 N–H and O–H groups in total. The molecule has 1 saturated carbocycles. The van der Waals surface area contributed by atoms with Crippen molar-refractivity contribution >= 4 is 5.91 Å². The van der Waals surface area contributed by atoms with Crippen molar-refractivity contribution in [2.45, 2.75) is 51.5 Å². The summed E-state index contributed by atoms with van der Waals surface area (Å²) in [7, 11) is 0. The van der Waals surface area contributed by atoms with Gasteiger partial charge in [0.25, 0.3) is 0 Å². The van der Waals surface area contributed by atoms with Crippen LogP contribution in [0.25, 0.3) is 0 Å². The van der Waals surface area contributed by atoms with Crippen molar-refractivity contribution in [1.29, 1.82) is 0 Å². The highest BCUT2D eigenvalue weighted by molar-refractivity contribution is 5.79. The number of pyridine rings is 1. The number of aryl methyl sites for hydroxylation is 1. The number of amides is 1. The highest BCUT2D eigenvalue weighted by Gasteiger charge is 2.26. The molecular weight excluding hydrogens is 315 g/mol. The molecule has 25 heavy (non-hydrogen) atoms. The van der Waals surface area contributed by atoms with Crippen LogP contribution in [-0.4, -0.2) is 28.4 Å². The van der Waals surface area contributed by atoms with Gasteiger partial charge in [0, 0.05) is 24.5 Å². The summed E-state index contributed by atoms with van der Waals surface area (Å²) in [6.45, 7) is 2.63. The van der Waals surface area contributed by atoms with Crippen molar-refractivity contribution in [3.8, 4) is 0 Å². The third-order valence-electron chi connectivity index (χ3n) is 4.97. The van der Waals surface area contributed by atoms with Gasteiger partial charge < -0.3 is 4.90 Å². The van der Waals surface area contributed by atoms with E-state index in [4.69, 9.17) is 0 Å². The van der Waals surface area contributed by atoms with E-state index in [1.54, 1.807) is 18.3 Å². The summed E-state index contributed by atoms with van der Waals surface area (Å²) in [5.41, 5.74) is 2.98. The lowest BCUT2D eigenvalue weighted by Crippen LogP contribution is -2.41. The molecule has 4 heteroatoms. The van der Waals surface area contributed by atoms with Crippen LogP contribution in [0, 0.1) is 12.7 Å². The molecule has 1 aromatic heterocycles. The Morgan fingerprint density at radius 2 is 1.80 bits per heavy atom. The Kier molecular flexibility index (Phi) is 5.79. The molecule has 2 aromatic rings. The number of rotatable bonds is 6. The van der Waals surface area contributed by atoms with E-state index in [2.05, 4.69) is 4.98 Å². The third-order valence-corrected chi connectivity index (χ3v) is 4.97. The van der Waals surface area contributed by atoms with Crippen molar-refractivity contribution in [2.24, 2.45) is 0 Å². The third kappa shape index (κ3) is 4.88. The Morgan fingerprint density at radius 1 is 1.12 bits per heavy atom. The van der Waals surface area contributed by atoms with Crippen LogP contribution in [0.2, 0.25) is 0 Å². The topological polar surface area (TPSA) is 33.2 Å². The van der Waals surface area contributed by atoms with Gasteiger partial charge in [-0.3, -0.25) is 9.78 Å². The van der Waals surface area contributed by atoms with Gasteiger partial charge in [0.05, 0.1) is 6.42 Å². The fraction of sp³-hybridized carbons (Fsp3) is 0.429. The molecule has 132 valence electrons. The monoisotopic (exact) mass is 340 g/mol. The largest absolute Gasteiger partial charge is 0.339 e. The van der Waals surface area contributed by atoms with Crippen LogP contribution in [-0.2, 0) is 17.6 Å². The van der Waals surface area contributed by atoms with Crippen molar-refractivity contribution in [1.82, 2.24) is 9.88 Å². The normalized spacial score (nSPS) is 14.6. The standard InChI is InChI=1S/C21H25FN2O/c1-16-6-7-18(15-23-16)14-21(25)24(20-4-2-3-5-20)13-12-17-8-10-19(22)11-9-17/h6-11,15,20H,2-5,12-14H2,1H3. The second kappa shape index (κ2) is 8.24. The average Bonchev–Trinajstić information content (AvgIpc) is 3.13. The average molecular weight is 340 g/mol. The van der Waals surface area contributed by atoms with Gasteiger partial charge in [0.1, 0.15) is 5.82 Å². The summed E-state index contributed by atoms with van der Waals surface area (Å²) in [6.07, 6.45) is 7.50. The maximum absolute atomic E-state index is 13.1. The zero-order valence-electron chi connectivity index (χ0n) is 14.7. The van der Waals surface area contributed by atoms with Gasteiger partial charge in [-0.25, -0.2) is 4.39 Å². The summed E-state index contributed by atoms with van der Waals surface area (Å²) in [4.78, 5) is 19.2. The van der Waals surface area contributed by atoms with E-state index in [-0.39, 0.29) is 11.7 Å². The van der Waals surface area contributed by atoms with E-state index < -0.39 is 0 Å². The summed E-state index contributed by atoms with van der Waals surface area (Å²) in [5.74, 6) is -0.0565. The Balaban J connectivity index is 1.66. The molecule has 3 rings (SSSR count). The molecule has 0 bridgehead atoms. The lowest BCUT2D eigenvalue weighted by atomic mass is 10.1. The number of carbonyl (C=O) groups is 1. The van der Waals surface area contributed by atoms with Gasteiger partial charge in [0.2, 0.25) is 5.91 Å². The van der Waals surface area contributed by atoms with Crippen LogP contribution >= 0.6 is 0 Å². The highest BCUT2D eigenvalue weighted by atomic mass is 19.1. The van der Waals surface area contributed by atoms with E-state index in [9.17, 15) is 9.18 Å². The van der Waals surface area contributed by atoms with E-state index >= 15 is 0 Å². The molecular formula is C21H25FN2O. The number of carbonyl (C=O) groups excluding carboxylic acids is 1. The number of hydrogen-bond acceptors (Lipinski definition) is 2. The molecule has 0 spiro atoms. The van der Waals surface area contributed by atoms with E-state index in [0.29, 0.717) is 19.0 Å². The van der Waals surface area contributed by atoms with Gasteiger partial charge in [0.15, 0.2) is 0 Å². The van der Waals surface area contributed by atoms with Crippen LogP contribution < -0.4 is 0 Å². The zero-order chi connectivity index (χ0) is 17.6. The maximum atomic E-state index is 13.1. The molecule has 0 saturated heterocycles. The number of hydrogen-bond donors (Lipinski definition) is 0. The minimum absolute atomic E-state index is 0.166. The van der Waals surface area contributed by atoms with E-state index in [1.165, 1.54) is 25.0 Å². The van der Waals surface area contributed by atoms with Crippen molar-refractivity contribution < 1.29 is 9.18 Å². The van der Waals surface area contributed by atoms with E-state index in [0.717, 1.165) is 36.1 Å². The van der Waals surface area contributed by atoms with Gasteiger partial charge in [-0.05, 0) is 55.5 Å². The van der Waals surface area contributed by atoms with E-state index in [1.807, 2.05) is 24.0 Å². The summed E-state index contributed by atoms with van der Waals surface area (Å²) in [6, 6.07) is 10.8. The lowest BCUT2D eigenvalue weighted by Gasteiger charge is -2.29. The van der Waals surface area contributed by atoms with Crippen LogP contribution in [0.4, 0.5) is 4.39 Å². The van der Waals surface area contributed by atoms with Gasteiger partial charge in [-0.1, -0.05) is 31.0 Å². The number of aromatic nitrogens is 1. The molecule has 1 aliphatic carbocycles. The molecule has 0 radical (unpaired) electrons. The SMILES string of the molecule is Cc1ccc(CC(=O)N(CCc2ccc(F)cc2)C2CCCC2)cn1. The Labute approximate surface area is 148 Å². The second-order valence-corrected chi connectivity index (χ2v) is 6.89.